The predicted octanol–water partition coefficient (Wildman–Crippen LogP) is 1.58. The number of aromatic nitrogens is 1. The van der Waals surface area contributed by atoms with E-state index in [1.807, 2.05) is 20.8 Å². The minimum Gasteiger partial charge on any atom is -0.357 e. The first kappa shape index (κ1) is 14.1. The standard InChI is InChI=1S/C10H15N5O2S/c1-10(2,3)12-9(18)14-13-8-7(15(16)17)5-4-6-11-8/h4-6H,1-3H3,(H,11,13)(H2,12,14,18). The van der Waals surface area contributed by atoms with E-state index >= 15 is 0 Å². The zero-order valence-corrected chi connectivity index (χ0v) is 11.2. The van der Waals surface area contributed by atoms with Crippen LogP contribution in [0.3, 0.4) is 0 Å². The fourth-order valence-electron chi connectivity index (χ4n) is 1.13. The Balaban J connectivity index is 2.64. The fraction of sp³-hybridized carbons (Fsp3) is 0.400. The SMILES string of the molecule is CC(C)(C)NC(=S)NNc1ncccc1[N+](=O)[O-]. The highest BCUT2D eigenvalue weighted by Crippen LogP contribution is 2.18. The van der Waals surface area contributed by atoms with Gasteiger partial charge in [0.2, 0.25) is 5.82 Å². The monoisotopic (exact) mass is 269 g/mol. The Labute approximate surface area is 110 Å². The van der Waals surface area contributed by atoms with Crippen molar-refractivity contribution in [2.45, 2.75) is 26.3 Å². The molecular weight excluding hydrogens is 254 g/mol. The highest BCUT2D eigenvalue weighted by molar-refractivity contribution is 7.80. The molecule has 0 unspecified atom stereocenters. The number of hydrogen-bond acceptors (Lipinski definition) is 5. The number of rotatable bonds is 3. The second-order valence-corrected chi connectivity index (χ2v) is 4.99. The second kappa shape index (κ2) is 5.58. The number of anilines is 1. The molecule has 0 spiro atoms. The summed E-state index contributed by atoms with van der Waals surface area (Å²) in [5.74, 6) is 0.112. The third-order valence-electron chi connectivity index (χ3n) is 1.77. The van der Waals surface area contributed by atoms with E-state index < -0.39 is 4.92 Å². The molecule has 0 atom stereocenters. The van der Waals surface area contributed by atoms with Crippen LogP contribution in [0.4, 0.5) is 11.5 Å². The van der Waals surface area contributed by atoms with E-state index in [2.05, 4.69) is 21.2 Å². The number of hydrazine groups is 1. The lowest BCUT2D eigenvalue weighted by Gasteiger charge is -2.23. The molecule has 0 bridgehead atoms. The molecule has 0 aliphatic carbocycles. The van der Waals surface area contributed by atoms with E-state index in [1.54, 1.807) is 0 Å². The summed E-state index contributed by atoms with van der Waals surface area (Å²) in [6.45, 7) is 5.85. The lowest BCUT2D eigenvalue weighted by molar-refractivity contribution is -0.384. The molecule has 8 heteroatoms. The largest absolute Gasteiger partial charge is 0.357 e. The van der Waals surface area contributed by atoms with Crippen LogP contribution in [-0.2, 0) is 0 Å². The summed E-state index contributed by atoms with van der Waals surface area (Å²) in [5.41, 5.74) is 4.95. The van der Waals surface area contributed by atoms with Crippen LogP contribution in [0, 0.1) is 10.1 Å². The molecular formula is C10H15N5O2S. The van der Waals surface area contributed by atoms with Gasteiger partial charge in [-0.2, -0.15) is 0 Å². The Morgan fingerprint density at radius 3 is 2.72 bits per heavy atom. The minimum absolute atomic E-state index is 0.112. The number of nitrogens with one attached hydrogen (secondary N) is 3. The Morgan fingerprint density at radius 2 is 2.17 bits per heavy atom. The Kier molecular flexibility index (Phi) is 4.38. The second-order valence-electron chi connectivity index (χ2n) is 4.58. The molecule has 0 saturated heterocycles. The Bertz CT molecular complexity index is 458. The van der Waals surface area contributed by atoms with Gasteiger partial charge in [-0.1, -0.05) is 0 Å². The summed E-state index contributed by atoms with van der Waals surface area (Å²) in [7, 11) is 0. The van der Waals surface area contributed by atoms with Crippen molar-refractivity contribution in [3.8, 4) is 0 Å². The zero-order chi connectivity index (χ0) is 13.8. The van der Waals surface area contributed by atoms with E-state index in [0.29, 0.717) is 5.11 Å². The molecule has 0 amide bonds. The van der Waals surface area contributed by atoms with Crippen LogP contribution in [0.1, 0.15) is 20.8 Å². The molecule has 0 aliphatic heterocycles. The van der Waals surface area contributed by atoms with Gasteiger partial charge >= 0.3 is 5.69 Å². The van der Waals surface area contributed by atoms with Crippen LogP contribution in [0.5, 0.6) is 0 Å². The Morgan fingerprint density at radius 1 is 1.50 bits per heavy atom. The van der Waals surface area contributed by atoms with Crippen molar-refractivity contribution in [2.75, 3.05) is 5.43 Å². The van der Waals surface area contributed by atoms with Gasteiger partial charge in [-0.15, -0.1) is 0 Å². The fourth-order valence-corrected chi connectivity index (χ4v) is 1.49. The van der Waals surface area contributed by atoms with Crippen molar-refractivity contribution in [2.24, 2.45) is 0 Å². The van der Waals surface area contributed by atoms with Crippen LogP contribution >= 0.6 is 12.2 Å². The maximum Gasteiger partial charge on any atom is 0.313 e. The number of hydrogen-bond donors (Lipinski definition) is 3. The van der Waals surface area contributed by atoms with Crippen LogP contribution in [-0.4, -0.2) is 20.6 Å². The molecule has 0 aromatic carbocycles. The van der Waals surface area contributed by atoms with Gasteiger partial charge in [0.25, 0.3) is 0 Å². The molecule has 98 valence electrons. The molecule has 1 rings (SSSR count). The third kappa shape index (κ3) is 4.50. The maximum atomic E-state index is 10.7. The molecule has 1 aromatic rings. The summed E-state index contributed by atoms with van der Waals surface area (Å²) in [5, 5.41) is 14.1. The van der Waals surface area contributed by atoms with Crippen LogP contribution in [0.2, 0.25) is 0 Å². The van der Waals surface area contributed by atoms with Gasteiger partial charge in [0, 0.05) is 17.8 Å². The quantitative estimate of drug-likeness (QED) is 0.436. The van der Waals surface area contributed by atoms with E-state index in [0.717, 1.165) is 0 Å². The number of nitrogens with zero attached hydrogens (tertiary/aromatic N) is 2. The first-order chi connectivity index (χ1) is 8.29. The van der Waals surface area contributed by atoms with Gasteiger partial charge in [-0.05, 0) is 39.1 Å². The molecule has 0 fully saturated rings. The number of thiocarbonyl (C=S) groups is 1. The topological polar surface area (TPSA) is 92.1 Å². The van der Waals surface area contributed by atoms with Crippen LogP contribution < -0.4 is 16.2 Å². The highest BCUT2D eigenvalue weighted by atomic mass is 32.1. The van der Waals surface area contributed by atoms with Gasteiger partial charge in [0.1, 0.15) is 0 Å². The van der Waals surface area contributed by atoms with Crippen molar-refractivity contribution in [1.29, 1.82) is 0 Å². The molecule has 0 aliphatic rings. The zero-order valence-electron chi connectivity index (χ0n) is 10.4. The van der Waals surface area contributed by atoms with Gasteiger partial charge in [-0.3, -0.25) is 21.0 Å². The molecule has 1 aromatic heterocycles. The van der Waals surface area contributed by atoms with Crippen molar-refractivity contribution >= 4 is 28.8 Å². The average Bonchev–Trinajstić information content (AvgIpc) is 2.24. The minimum atomic E-state index is -0.517. The molecule has 0 radical (unpaired) electrons. The van der Waals surface area contributed by atoms with Gasteiger partial charge in [0.05, 0.1) is 4.92 Å². The molecule has 0 saturated carbocycles. The van der Waals surface area contributed by atoms with E-state index in [-0.39, 0.29) is 17.0 Å². The molecule has 18 heavy (non-hydrogen) atoms. The van der Waals surface area contributed by atoms with E-state index in [1.165, 1.54) is 18.3 Å². The number of pyridine rings is 1. The first-order valence-electron chi connectivity index (χ1n) is 5.23. The highest BCUT2D eigenvalue weighted by Gasteiger charge is 2.15. The van der Waals surface area contributed by atoms with Crippen LogP contribution in [0.25, 0.3) is 0 Å². The van der Waals surface area contributed by atoms with Crippen molar-refractivity contribution in [1.82, 2.24) is 15.7 Å². The normalized spacial score (nSPS) is 10.6. The summed E-state index contributed by atoms with van der Waals surface area (Å²) in [6, 6.07) is 2.85. The lowest BCUT2D eigenvalue weighted by Crippen LogP contribution is -2.48. The van der Waals surface area contributed by atoms with Gasteiger partial charge in [-0.25, -0.2) is 4.98 Å². The van der Waals surface area contributed by atoms with Crippen molar-refractivity contribution in [3.05, 3.63) is 28.4 Å². The maximum absolute atomic E-state index is 10.7. The first-order valence-corrected chi connectivity index (χ1v) is 5.64. The average molecular weight is 269 g/mol. The van der Waals surface area contributed by atoms with E-state index in [4.69, 9.17) is 12.2 Å². The number of nitro groups is 1. The summed E-state index contributed by atoms with van der Waals surface area (Å²) in [6.07, 6.45) is 1.46. The summed E-state index contributed by atoms with van der Waals surface area (Å²) in [4.78, 5) is 14.1. The van der Waals surface area contributed by atoms with Gasteiger partial charge < -0.3 is 5.32 Å². The smallest absolute Gasteiger partial charge is 0.313 e. The van der Waals surface area contributed by atoms with Crippen molar-refractivity contribution in [3.63, 3.8) is 0 Å². The summed E-state index contributed by atoms with van der Waals surface area (Å²) < 4.78 is 0. The summed E-state index contributed by atoms with van der Waals surface area (Å²) >= 11 is 5.03. The van der Waals surface area contributed by atoms with E-state index in [9.17, 15) is 10.1 Å². The molecule has 7 nitrogen and oxygen atoms in total. The lowest BCUT2D eigenvalue weighted by atomic mass is 10.1. The third-order valence-corrected chi connectivity index (χ3v) is 1.97. The molecule has 1 heterocycles. The molecule has 3 N–H and O–H groups in total. The van der Waals surface area contributed by atoms with Crippen molar-refractivity contribution < 1.29 is 4.92 Å². The van der Waals surface area contributed by atoms with Crippen LogP contribution in [0.15, 0.2) is 18.3 Å². The Hall–Kier alpha value is -1.96. The van der Waals surface area contributed by atoms with Gasteiger partial charge in [0.15, 0.2) is 5.11 Å². The predicted molar refractivity (Wildman–Crippen MR) is 73.1 cm³/mol.